The predicted molar refractivity (Wildman–Crippen MR) is 124 cm³/mol. The minimum atomic E-state index is -4.04. The molecule has 33 heavy (non-hydrogen) atoms. The number of sulfonamides is 1. The molecule has 1 amide bonds. The zero-order chi connectivity index (χ0) is 23.8. The number of rotatable bonds is 9. The van der Waals surface area contributed by atoms with Crippen LogP contribution in [-0.4, -0.2) is 33.9 Å². The average molecular weight is 469 g/mol. The van der Waals surface area contributed by atoms with Gasteiger partial charge in [0.25, 0.3) is 15.9 Å². The predicted octanol–water partition coefficient (Wildman–Crippen LogP) is 3.28. The summed E-state index contributed by atoms with van der Waals surface area (Å²) in [6.07, 6.45) is 0. The van der Waals surface area contributed by atoms with Crippen LogP contribution in [0.3, 0.4) is 0 Å². The van der Waals surface area contributed by atoms with Gasteiger partial charge in [0, 0.05) is 11.3 Å². The maximum atomic E-state index is 12.9. The van der Waals surface area contributed by atoms with Crippen molar-refractivity contribution in [1.82, 2.24) is 5.32 Å². The number of benzene rings is 3. The van der Waals surface area contributed by atoms with Crippen molar-refractivity contribution in [3.63, 3.8) is 0 Å². The van der Waals surface area contributed by atoms with E-state index in [1.54, 1.807) is 24.3 Å². The lowest BCUT2D eigenvalue weighted by atomic mass is 10.2. The molecule has 0 heterocycles. The van der Waals surface area contributed by atoms with Crippen molar-refractivity contribution in [2.24, 2.45) is 0 Å². The minimum Gasteiger partial charge on any atom is -0.495 e. The third-order valence-corrected chi connectivity index (χ3v) is 6.06. The van der Waals surface area contributed by atoms with Gasteiger partial charge < -0.3 is 14.8 Å². The summed E-state index contributed by atoms with van der Waals surface area (Å²) in [5, 5.41) is 2.44. The first kappa shape index (κ1) is 23.8. The quantitative estimate of drug-likeness (QED) is 0.467. The summed E-state index contributed by atoms with van der Waals surface area (Å²) in [5.74, 6) is -1.16. The molecule has 3 rings (SSSR count). The maximum absolute atomic E-state index is 12.9. The fourth-order valence-electron chi connectivity index (χ4n) is 2.90. The molecule has 0 aliphatic heterocycles. The molecule has 3 aromatic rings. The zero-order valence-electron chi connectivity index (χ0n) is 18.2. The van der Waals surface area contributed by atoms with Crippen LogP contribution in [-0.2, 0) is 26.2 Å². The van der Waals surface area contributed by atoms with Gasteiger partial charge in [0.1, 0.15) is 23.8 Å². The number of amides is 1. The number of carbonyl (C=O) groups excluding carboxylic acids is 2. The number of methoxy groups -OCH3 is 1. The van der Waals surface area contributed by atoms with Crippen molar-refractivity contribution in [2.45, 2.75) is 18.4 Å². The molecule has 0 atom stereocenters. The van der Waals surface area contributed by atoms with Gasteiger partial charge >= 0.3 is 5.97 Å². The Labute approximate surface area is 192 Å². The van der Waals surface area contributed by atoms with Gasteiger partial charge in [-0.05, 0) is 42.8 Å². The molecule has 0 fully saturated rings. The molecule has 0 saturated carbocycles. The number of hydrogen-bond donors (Lipinski definition) is 2. The normalized spacial score (nSPS) is 10.8. The SMILES string of the molecule is COc1ccc(C(=O)NCC(=O)OCc2ccccc2)cc1S(=O)(=O)Nc1ccc(C)cc1. The van der Waals surface area contributed by atoms with Gasteiger partial charge in [0.15, 0.2) is 0 Å². The number of ether oxygens (including phenoxy) is 2. The van der Waals surface area contributed by atoms with Crippen LogP contribution in [0.15, 0.2) is 77.7 Å². The molecule has 0 saturated heterocycles. The van der Waals surface area contributed by atoms with Gasteiger partial charge in [-0.1, -0.05) is 48.0 Å². The summed E-state index contributed by atoms with van der Waals surface area (Å²) in [7, 11) is -2.71. The van der Waals surface area contributed by atoms with Gasteiger partial charge in [-0.2, -0.15) is 0 Å². The van der Waals surface area contributed by atoms with Crippen LogP contribution in [0.5, 0.6) is 5.75 Å². The molecule has 0 spiro atoms. The van der Waals surface area contributed by atoms with Crippen molar-refractivity contribution in [3.8, 4) is 5.75 Å². The summed E-state index contributed by atoms with van der Waals surface area (Å²) in [4.78, 5) is 24.3. The number of esters is 1. The third kappa shape index (κ3) is 6.56. The van der Waals surface area contributed by atoms with Crippen LogP contribution >= 0.6 is 0 Å². The number of anilines is 1. The van der Waals surface area contributed by atoms with Gasteiger partial charge in [0.05, 0.1) is 7.11 Å². The molecule has 2 N–H and O–H groups in total. The topological polar surface area (TPSA) is 111 Å². The van der Waals surface area contributed by atoms with Crippen LogP contribution < -0.4 is 14.8 Å². The summed E-state index contributed by atoms with van der Waals surface area (Å²) in [6, 6.07) is 19.9. The number of nitrogens with one attached hydrogen (secondary N) is 2. The van der Waals surface area contributed by atoms with Gasteiger partial charge in [-0.15, -0.1) is 0 Å². The van der Waals surface area contributed by atoms with Crippen molar-refractivity contribution in [1.29, 1.82) is 0 Å². The lowest BCUT2D eigenvalue weighted by molar-refractivity contribution is -0.143. The smallest absolute Gasteiger partial charge is 0.325 e. The first-order chi connectivity index (χ1) is 15.8. The molecular weight excluding hydrogens is 444 g/mol. The average Bonchev–Trinajstić information content (AvgIpc) is 2.82. The highest BCUT2D eigenvalue weighted by Gasteiger charge is 2.22. The van der Waals surface area contributed by atoms with E-state index in [1.165, 1.54) is 25.3 Å². The molecule has 0 radical (unpaired) electrons. The van der Waals surface area contributed by atoms with E-state index in [-0.39, 0.29) is 29.4 Å². The Bertz CT molecular complexity index is 1230. The molecule has 0 unspecified atom stereocenters. The van der Waals surface area contributed by atoms with Crippen LogP contribution in [0.1, 0.15) is 21.5 Å². The molecule has 0 bridgehead atoms. The highest BCUT2D eigenvalue weighted by atomic mass is 32.2. The first-order valence-corrected chi connectivity index (χ1v) is 11.5. The van der Waals surface area contributed by atoms with Crippen molar-refractivity contribution in [3.05, 3.63) is 89.5 Å². The molecule has 0 aliphatic rings. The van der Waals surface area contributed by atoms with Gasteiger partial charge in [-0.25, -0.2) is 8.42 Å². The molecule has 9 heteroatoms. The number of aryl methyl sites for hydroxylation is 1. The highest BCUT2D eigenvalue weighted by molar-refractivity contribution is 7.92. The zero-order valence-corrected chi connectivity index (χ0v) is 19.0. The standard InChI is InChI=1S/C24H24N2O6S/c1-17-8-11-20(12-9-17)26-33(29,30)22-14-19(10-13-21(22)31-2)24(28)25-15-23(27)32-16-18-6-4-3-5-7-18/h3-14,26H,15-16H2,1-2H3,(H,25,28). The molecule has 3 aromatic carbocycles. The fraction of sp³-hybridized carbons (Fsp3) is 0.167. The molecule has 8 nitrogen and oxygen atoms in total. The summed E-state index contributed by atoms with van der Waals surface area (Å²) in [6.45, 7) is 1.62. The van der Waals surface area contributed by atoms with Gasteiger partial charge in [0.2, 0.25) is 0 Å². The summed E-state index contributed by atoms with van der Waals surface area (Å²) >= 11 is 0. The lowest BCUT2D eigenvalue weighted by Gasteiger charge is -2.13. The Kier molecular flexibility index (Phi) is 7.68. The first-order valence-electron chi connectivity index (χ1n) is 10.0. The van der Waals surface area contributed by atoms with Crippen LogP contribution in [0, 0.1) is 6.92 Å². The minimum absolute atomic E-state index is 0.0518. The fourth-order valence-corrected chi connectivity index (χ4v) is 4.16. The van der Waals surface area contributed by atoms with E-state index in [0.717, 1.165) is 11.1 Å². The summed E-state index contributed by atoms with van der Waals surface area (Å²) < 4.78 is 38.6. The van der Waals surface area contributed by atoms with E-state index in [1.807, 2.05) is 37.3 Å². The Morgan fingerprint density at radius 2 is 1.64 bits per heavy atom. The van der Waals surface area contributed by atoms with E-state index >= 15 is 0 Å². The van der Waals surface area contributed by atoms with Crippen LogP contribution in [0.2, 0.25) is 0 Å². The highest BCUT2D eigenvalue weighted by Crippen LogP contribution is 2.27. The van der Waals surface area contributed by atoms with Crippen LogP contribution in [0.25, 0.3) is 0 Å². The van der Waals surface area contributed by atoms with Gasteiger partial charge in [-0.3, -0.25) is 14.3 Å². The second-order valence-electron chi connectivity index (χ2n) is 7.17. The third-order valence-electron chi connectivity index (χ3n) is 4.66. The number of carbonyl (C=O) groups is 2. The van der Waals surface area contributed by atoms with E-state index in [4.69, 9.17) is 9.47 Å². The van der Waals surface area contributed by atoms with Crippen molar-refractivity contribution < 1.29 is 27.5 Å². The van der Waals surface area contributed by atoms with E-state index < -0.39 is 21.9 Å². The molecular formula is C24H24N2O6S. The largest absolute Gasteiger partial charge is 0.495 e. The monoisotopic (exact) mass is 468 g/mol. The van der Waals surface area contributed by atoms with E-state index in [2.05, 4.69) is 10.0 Å². The Balaban J connectivity index is 1.68. The second kappa shape index (κ2) is 10.6. The van der Waals surface area contributed by atoms with E-state index in [9.17, 15) is 18.0 Å². The van der Waals surface area contributed by atoms with E-state index in [0.29, 0.717) is 5.69 Å². The Morgan fingerprint density at radius 1 is 0.939 bits per heavy atom. The van der Waals surface area contributed by atoms with Crippen molar-refractivity contribution in [2.75, 3.05) is 18.4 Å². The second-order valence-corrected chi connectivity index (χ2v) is 8.82. The molecule has 172 valence electrons. The lowest BCUT2D eigenvalue weighted by Crippen LogP contribution is -2.30. The Hall–Kier alpha value is -3.85. The maximum Gasteiger partial charge on any atom is 0.325 e. The Morgan fingerprint density at radius 3 is 2.30 bits per heavy atom. The summed E-state index contributed by atoms with van der Waals surface area (Å²) in [5.41, 5.74) is 2.23. The van der Waals surface area contributed by atoms with Crippen molar-refractivity contribution >= 4 is 27.6 Å². The number of hydrogen-bond acceptors (Lipinski definition) is 6. The molecule has 0 aromatic heterocycles. The van der Waals surface area contributed by atoms with Crippen LogP contribution in [0.4, 0.5) is 5.69 Å². The molecule has 0 aliphatic carbocycles.